The monoisotopic (exact) mass is 302 g/mol. The van der Waals surface area contributed by atoms with Crippen molar-refractivity contribution in [3.63, 3.8) is 0 Å². The lowest BCUT2D eigenvalue weighted by atomic mass is 9.92. The molecule has 0 atom stereocenters. The normalized spacial score (nSPS) is 10.8. The lowest BCUT2D eigenvalue weighted by Gasteiger charge is -2.15. The minimum Gasteiger partial charge on any atom is -0.438 e. The van der Waals surface area contributed by atoms with Crippen LogP contribution in [0.5, 0.6) is 0 Å². The van der Waals surface area contributed by atoms with Gasteiger partial charge in [-0.25, -0.2) is 4.79 Å². The van der Waals surface area contributed by atoms with E-state index in [1.165, 1.54) is 13.2 Å². The number of hydrogen-bond donors (Lipinski definition) is 1. The number of amides is 1. The molecule has 0 spiro atoms. The van der Waals surface area contributed by atoms with E-state index in [0.717, 1.165) is 22.3 Å². The first-order chi connectivity index (χ1) is 10.3. The fourth-order valence-electron chi connectivity index (χ4n) is 2.18. The Balaban J connectivity index is 3.34. The van der Waals surface area contributed by atoms with Gasteiger partial charge in [0.15, 0.2) is 0 Å². The molecule has 0 aliphatic heterocycles. The average Bonchev–Trinajstić information content (AvgIpc) is 2.46. The van der Waals surface area contributed by atoms with Crippen molar-refractivity contribution in [2.24, 2.45) is 5.73 Å². The number of carbonyl (C=O) groups is 2. The predicted octanol–water partition coefficient (Wildman–Crippen LogP) is 2.29. The fourth-order valence-corrected chi connectivity index (χ4v) is 2.18. The van der Waals surface area contributed by atoms with Crippen LogP contribution in [0, 0.1) is 32.1 Å². The van der Waals surface area contributed by atoms with Gasteiger partial charge in [0.1, 0.15) is 18.2 Å². The molecule has 1 aromatic carbocycles. The zero-order chi connectivity index (χ0) is 16.9. The molecule has 116 valence electrons. The smallest absolute Gasteiger partial charge is 0.438 e. The number of aryl methyl sites for hydroxylation is 2. The average molecular weight is 302 g/mol. The van der Waals surface area contributed by atoms with Crippen LogP contribution >= 0.6 is 0 Å². The van der Waals surface area contributed by atoms with Crippen LogP contribution in [0.3, 0.4) is 0 Å². The maximum absolute atomic E-state index is 11.2. The molecule has 0 fully saturated rings. The van der Waals surface area contributed by atoms with E-state index >= 15 is 0 Å². The van der Waals surface area contributed by atoms with Crippen LogP contribution in [0.25, 0.3) is 6.08 Å². The van der Waals surface area contributed by atoms with Gasteiger partial charge in [0.05, 0.1) is 7.11 Å². The molecule has 0 aromatic heterocycles. The summed E-state index contributed by atoms with van der Waals surface area (Å²) in [4.78, 5) is 22.3. The van der Waals surface area contributed by atoms with Crippen molar-refractivity contribution in [1.82, 2.24) is 0 Å². The number of nitriles is 1. The highest BCUT2D eigenvalue weighted by molar-refractivity contribution is 6.00. The van der Waals surface area contributed by atoms with Gasteiger partial charge in [-0.3, -0.25) is 4.79 Å². The molecular formula is C16H18N2O4. The minimum atomic E-state index is -0.783. The molecular weight excluding hydrogens is 284 g/mol. The number of primary amides is 1. The Morgan fingerprint density at radius 2 is 1.95 bits per heavy atom. The second-order valence-electron chi connectivity index (χ2n) is 4.80. The van der Waals surface area contributed by atoms with Crippen molar-refractivity contribution >= 4 is 18.1 Å². The number of benzene rings is 1. The number of rotatable bonds is 4. The fraction of sp³-hybridized carbons (Fsp3) is 0.312. The highest BCUT2D eigenvalue weighted by Gasteiger charge is 2.14. The van der Waals surface area contributed by atoms with Crippen LogP contribution < -0.4 is 5.73 Å². The third kappa shape index (κ3) is 3.85. The lowest BCUT2D eigenvalue weighted by molar-refractivity contribution is -0.114. The quantitative estimate of drug-likeness (QED) is 0.522. The molecule has 0 saturated heterocycles. The van der Waals surface area contributed by atoms with E-state index in [1.54, 1.807) is 6.07 Å². The summed E-state index contributed by atoms with van der Waals surface area (Å²) in [5.74, 6) is -0.783. The summed E-state index contributed by atoms with van der Waals surface area (Å²) in [6.07, 6.45) is 0.681. The van der Waals surface area contributed by atoms with Gasteiger partial charge < -0.3 is 15.2 Å². The first-order valence-electron chi connectivity index (χ1n) is 6.53. The van der Waals surface area contributed by atoms with Gasteiger partial charge in [-0.05, 0) is 54.7 Å². The highest BCUT2D eigenvalue weighted by Crippen LogP contribution is 2.25. The molecule has 0 aliphatic rings. The van der Waals surface area contributed by atoms with Crippen molar-refractivity contribution in [3.8, 4) is 6.07 Å². The van der Waals surface area contributed by atoms with Gasteiger partial charge in [0, 0.05) is 0 Å². The molecule has 6 nitrogen and oxygen atoms in total. The summed E-state index contributed by atoms with van der Waals surface area (Å²) < 4.78 is 9.42. The van der Waals surface area contributed by atoms with E-state index < -0.39 is 12.1 Å². The van der Waals surface area contributed by atoms with Crippen molar-refractivity contribution < 1.29 is 19.1 Å². The summed E-state index contributed by atoms with van der Waals surface area (Å²) in [5.41, 5.74) is 9.19. The van der Waals surface area contributed by atoms with Crippen molar-refractivity contribution in [2.45, 2.75) is 27.4 Å². The Labute approximate surface area is 129 Å². The summed E-state index contributed by atoms with van der Waals surface area (Å²) in [7, 11) is 1.23. The third-order valence-corrected chi connectivity index (χ3v) is 3.37. The van der Waals surface area contributed by atoms with Crippen LogP contribution in [-0.2, 0) is 20.9 Å². The minimum absolute atomic E-state index is 0.0456. The Morgan fingerprint density at radius 1 is 1.32 bits per heavy atom. The van der Waals surface area contributed by atoms with Crippen molar-refractivity contribution in [1.29, 1.82) is 5.26 Å². The van der Waals surface area contributed by atoms with Crippen LogP contribution in [0.15, 0.2) is 11.6 Å². The van der Waals surface area contributed by atoms with Gasteiger partial charge in [0.2, 0.25) is 0 Å². The zero-order valence-electron chi connectivity index (χ0n) is 13.0. The Bertz CT molecular complexity index is 684. The summed E-state index contributed by atoms with van der Waals surface area (Å²) in [6.45, 7) is 5.64. The lowest BCUT2D eigenvalue weighted by Crippen LogP contribution is -2.13. The molecule has 1 amide bonds. The zero-order valence-corrected chi connectivity index (χ0v) is 13.0. The third-order valence-electron chi connectivity index (χ3n) is 3.37. The molecule has 0 unspecified atom stereocenters. The Hall–Kier alpha value is -2.81. The second kappa shape index (κ2) is 7.27. The van der Waals surface area contributed by atoms with Crippen LogP contribution in [0.4, 0.5) is 4.79 Å². The molecule has 1 aromatic rings. The molecule has 0 aliphatic carbocycles. The largest absolute Gasteiger partial charge is 0.508 e. The van der Waals surface area contributed by atoms with E-state index in [4.69, 9.17) is 15.7 Å². The molecule has 0 bridgehead atoms. The van der Waals surface area contributed by atoms with Gasteiger partial charge in [0.25, 0.3) is 5.91 Å². The molecule has 2 N–H and O–H groups in total. The van der Waals surface area contributed by atoms with Gasteiger partial charge >= 0.3 is 6.16 Å². The number of nitrogens with two attached hydrogens (primary N) is 1. The number of carbonyl (C=O) groups excluding carboxylic acids is 2. The number of ether oxygens (including phenoxy) is 2. The molecule has 0 radical (unpaired) electrons. The maximum atomic E-state index is 11.2. The predicted molar refractivity (Wildman–Crippen MR) is 80.6 cm³/mol. The molecule has 1 rings (SSSR count). The summed E-state index contributed by atoms with van der Waals surface area (Å²) in [6, 6.07) is 3.67. The number of methoxy groups -OCH3 is 1. The van der Waals surface area contributed by atoms with E-state index in [-0.39, 0.29) is 12.2 Å². The molecule has 22 heavy (non-hydrogen) atoms. The van der Waals surface area contributed by atoms with Crippen LogP contribution in [0.2, 0.25) is 0 Å². The molecule has 6 heteroatoms. The van der Waals surface area contributed by atoms with Gasteiger partial charge in [-0.15, -0.1) is 0 Å². The maximum Gasteiger partial charge on any atom is 0.508 e. The number of nitrogens with zero attached hydrogens (tertiary/aromatic N) is 1. The molecule has 0 saturated carbocycles. The van der Waals surface area contributed by atoms with Crippen molar-refractivity contribution in [3.05, 3.63) is 39.5 Å². The highest BCUT2D eigenvalue weighted by atomic mass is 16.7. The van der Waals surface area contributed by atoms with Gasteiger partial charge in [-0.1, -0.05) is 6.07 Å². The van der Waals surface area contributed by atoms with Crippen LogP contribution in [-0.4, -0.2) is 19.2 Å². The van der Waals surface area contributed by atoms with Crippen molar-refractivity contribution in [2.75, 3.05) is 7.11 Å². The van der Waals surface area contributed by atoms with Crippen LogP contribution in [0.1, 0.15) is 27.8 Å². The standard InChI is InChI=1S/C16H18N2O4/c1-9-5-10(2)14(8-22-16(20)21-4)11(3)13(9)6-12(7-17)15(18)19/h5-6H,8H2,1-4H3,(H2,18,19)/b12-6-. The van der Waals surface area contributed by atoms with E-state index in [0.29, 0.717) is 5.56 Å². The van der Waals surface area contributed by atoms with Gasteiger partial charge in [-0.2, -0.15) is 5.26 Å². The van der Waals surface area contributed by atoms with E-state index in [2.05, 4.69) is 4.74 Å². The van der Waals surface area contributed by atoms with E-state index in [1.807, 2.05) is 26.8 Å². The first-order valence-corrected chi connectivity index (χ1v) is 6.53. The summed E-state index contributed by atoms with van der Waals surface area (Å²) in [5, 5.41) is 8.97. The topological polar surface area (TPSA) is 102 Å². The second-order valence-corrected chi connectivity index (χ2v) is 4.80. The molecule has 0 heterocycles. The Kier molecular flexibility index (Phi) is 5.70. The number of hydrogen-bond acceptors (Lipinski definition) is 5. The first kappa shape index (κ1) is 17.2. The Morgan fingerprint density at radius 3 is 2.45 bits per heavy atom. The van der Waals surface area contributed by atoms with E-state index in [9.17, 15) is 9.59 Å². The SMILES string of the molecule is COC(=O)OCc1c(C)cc(C)c(/C=C(/C#N)C(N)=O)c1C. The summed E-state index contributed by atoms with van der Waals surface area (Å²) >= 11 is 0.